The second-order valence-electron chi connectivity index (χ2n) is 4.53. The zero-order chi connectivity index (χ0) is 15.5. The molecule has 0 amide bonds. The quantitative estimate of drug-likeness (QED) is 0.217. The molecular formula is C16H26IN3OS. The first-order chi connectivity index (χ1) is 10.2. The maximum absolute atomic E-state index is 5.40. The minimum Gasteiger partial charge on any atom is -0.496 e. The summed E-state index contributed by atoms with van der Waals surface area (Å²) in [6.07, 6.45) is 1.92. The van der Waals surface area contributed by atoms with Crippen LogP contribution < -0.4 is 15.4 Å². The molecule has 2 N–H and O–H groups in total. The zero-order valence-electron chi connectivity index (χ0n) is 13.5. The van der Waals surface area contributed by atoms with Crippen molar-refractivity contribution in [1.29, 1.82) is 0 Å². The minimum atomic E-state index is 0. The maximum atomic E-state index is 5.40. The van der Waals surface area contributed by atoms with E-state index in [1.54, 1.807) is 14.2 Å². The number of aryl methyl sites for hydroxylation is 1. The van der Waals surface area contributed by atoms with E-state index in [1.165, 1.54) is 5.56 Å². The van der Waals surface area contributed by atoms with Crippen molar-refractivity contribution in [3.8, 4) is 5.75 Å². The van der Waals surface area contributed by atoms with Crippen molar-refractivity contribution in [2.45, 2.75) is 13.5 Å². The number of nitrogens with one attached hydrogen (secondary N) is 2. The SMILES string of the molecule is C=CCSCCNC(=NC)NCc1ccc(C)cc1OC.I. The molecule has 0 aliphatic heterocycles. The molecule has 1 aromatic rings. The van der Waals surface area contributed by atoms with Crippen LogP contribution in [0, 0.1) is 6.92 Å². The lowest BCUT2D eigenvalue weighted by Gasteiger charge is -2.14. The molecule has 0 saturated carbocycles. The van der Waals surface area contributed by atoms with E-state index in [0.717, 1.165) is 35.3 Å². The number of rotatable bonds is 8. The van der Waals surface area contributed by atoms with Crippen LogP contribution in [0.4, 0.5) is 0 Å². The van der Waals surface area contributed by atoms with Gasteiger partial charge in [-0.25, -0.2) is 0 Å². The molecule has 0 aliphatic rings. The molecule has 1 rings (SSSR count). The van der Waals surface area contributed by atoms with Crippen molar-refractivity contribution < 1.29 is 4.74 Å². The Morgan fingerprint density at radius 3 is 2.82 bits per heavy atom. The van der Waals surface area contributed by atoms with Crippen LogP contribution >= 0.6 is 35.7 Å². The predicted octanol–water partition coefficient (Wildman–Crippen LogP) is 3.21. The Bertz CT molecular complexity index is 480. The highest BCUT2D eigenvalue weighted by atomic mass is 127. The van der Waals surface area contributed by atoms with Gasteiger partial charge in [0.2, 0.25) is 0 Å². The zero-order valence-corrected chi connectivity index (χ0v) is 16.7. The summed E-state index contributed by atoms with van der Waals surface area (Å²) in [5.74, 6) is 3.71. The number of hydrogen-bond donors (Lipinski definition) is 2. The summed E-state index contributed by atoms with van der Waals surface area (Å²) in [6.45, 7) is 7.32. The summed E-state index contributed by atoms with van der Waals surface area (Å²) in [7, 11) is 3.47. The Morgan fingerprint density at radius 1 is 1.41 bits per heavy atom. The van der Waals surface area contributed by atoms with Crippen molar-refractivity contribution in [2.75, 3.05) is 32.2 Å². The molecular weight excluding hydrogens is 409 g/mol. The molecule has 0 heterocycles. The standard InChI is InChI=1S/C16H25N3OS.HI/c1-5-9-21-10-8-18-16(17-3)19-12-14-7-6-13(2)11-15(14)20-4;/h5-7,11H,1,8-10,12H2,2-4H3,(H2,17,18,19);1H. The van der Waals surface area contributed by atoms with Crippen LogP contribution in [0.25, 0.3) is 0 Å². The van der Waals surface area contributed by atoms with Gasteiger partial charge in [0.25, 0.3) is 0 Å². The fourth-order valence-electron chi connectivity index (χ4n) is 1.81. The molecule has 1 aromatic carbocycles. The number of halogens is 1. The molecule has 0 saturated heterocycles. The Morgan fingerprint density at radius 2 is 2.18 bits per heavy atom. The summed E-state index contributed by atoms with van der Waals surface area (Å²) in [6, 6.07) is 6.20. The molecule has 0 radical (unpaired) electrons. The highest BCUT2D eigenvalue weighted by Crippen LogP contribution is 2.19. The van der Waals surface area contributed by atoms with Gasteiger partial charge in [-0.1, -0.05) is 18.2 Å². The van der Waals surface area contributed by atoms with Crippen molar-refractivity contribution in [1.82, 2.24) is 10.6 Å². The first-order valence-electron chi connectivity index (χ1n) is 6.98. The number of methoxy groups -OCH3 is 1. The minimum absolute atomic E-state index is 0. The fourth-order valence-corrected chi connectivity index (χ4v) is 2.39. The molecule has 0 aliphatic carbocycles. The molecule has 0 atom stereocenters. The number of benzene rings is 1. The van der Waals surface area contributed by atoms with Crippen LogP contribution in [0.5, 0.6) is 5.75 Å². The molecule has 0 unspecified atom stereocenters. The number of thioether (sulfide) groups is 1. The van der Waals surface area contributed by atoms with Crippen molar-refractivity contribution in [3.63, 3.8) is 0 Å². The average Bonchev–Trinajstić information content (AvgIpc) is 2.50. The molecule has 0 fully saturated rings. The van der Waals surface area contributed by atoms with Gasteiger partial charge in [0.05, 0.1) is 7.11 Å². The summed E-state index contributed by atoms with van der Waals surface area (Å²) in [5.41, 5.74) is 2.31. The largest absolute Gasteiger partial charge is 0.496 e. The first kappa shape index (κ1) is 21.1. The van der Waals surface area contributed by atoms with E-state index < -0.39 is 0 Å². The Balaban J connectivity index is 0.00000441. The molecule has 0 spiro atoms. The molecule has 124 valence electrons. The Kier molecular flexibility index (Phi) is 12.1. The van der Waals surface area contributed by atoms with E-state index in [4.69, 9.17) is 4.74 Å². The summed E-state index contributed by atoms with van der Waals surface area (Å²) in [4.78, 5) is 4.22. The Hall–Kier alpha value is -0.890. The lowest BCUT2D eigenvalue weighted by molar-refractivity contribution is 0.408. The highest BCUT2D eigenvalue weighted by molar-refractivity contribution is 14.0. The predicted molar refractivity (Wildman–Crippen MR) is 109 cm³/mol. The number of hydrogen-bond acceptors (Lipinski definition) is 3. The normalized spacial score (nSPS) is 10.6. The van der Waals surface area contributed by atoms with Gasteiger partial charge in [-0.05, 0) is 18.6 Å². The van der Waals surface area contributed by atoms with Gasteiger partial charge in [0.15, 0.2) is 5.96 Å². The van der Waals surface area contributed by atoms with Crippen LogP contribution in [0.2, 0.25) is 0 Å². The third-order valence-electron chi connectivity index (χ3n) is 2.89. The van der Waals surface area contributed by atoms with Crippen LogP contribution in [0.3, 0.4) is 0 Å². The molecule has 0 aromatic heterocycles. The number of ether oxygens (including phenoxy) is 1. The van der Waals surface area contributed by atoms with Gasteiger partial charge in [0, 0.05) is 37.2 Å². The number of nitrogens with zero attached hydrogens (tertiary/aromatic N) is 1. The van der Waals surface area contributed by atoms with Crippen LogP contribution in [-0.2, 0) is 6.54 Å². The number of guanidine groups is 1. The van der Waals surface area contributed by atoms with E-state index in [1.807, 2.05) is 23.9 Å². The van der Waals surface area contributed by atoms with Gasteiger partial charge in [0.1, 0.15) is 5.75 Å². The molecule has 22 heavy (non-hydrogen) atoms. The molecule has 0 bridgehead atoms. The lowest BCUT2D eigenvalue weighted by Crippen LogP contribution is -2.38. The smallest absolute Gasteiger partial charge is 0.191 e. The third kappa shape index (κ3) is 7.93. The van der Waals surface area contributed by atoms with Gasteiger partial charge in [-0.15, -0.1) is 30.6 Å². The van der Waals surface area contributed by atoms with E-state index in [9.17, 15) is 0 Å². The molecule has 4 nitrogen and oxygen atoms in total. The first-order valence-corrected chi connectivity index (χ1v) is 8.13. The highest BCUT2D eigenvalue weighted by Gasteiger charge is 2.04. The summed E-state index contributed by atoms with van der Waals surface area (Å²) < 4.78 is 5.40. The monoisotopic (exact) mass is 435 g/mol. The van der Waals surface area contributed by atoms with Crippen LogP contribution in [0.15, 0.2) is 35.8 Å². The maximum Gasteiger partial charge on any atom is 0.191 e. The van der Waals surface area contributed by atoms with Gasteiger partial charge < -0.3 is 15.4 Å². The van der Waals surface area contributed by atoms with Crippen molar-refractivity contribution >= 4 is 41.7 Å². The van der Waals surface area contributed by atoms with Gasteiger partial charge in [-0.3, -0.25) is 4.99 Å². The van der Waals surface area contributed by atoms with E-state index >= 15 is 0 Å². The van der Waals surface area contributed by atoms with E-state index in [0.29, 0.717) is 6.54 Å². The van der Waals surface area contributed by atoms with E-state index in [2.05, 4.69) is 41.3 Å². The van der Waals surface area contributed by atoms with Gasteiger partial charge in [-0.2, -0.15) is 11.8 Å². The topological polar surface area (TPSA) is 45.7 Å². The Labute approximate surface area is 155 Å². The van der Waals surface area contributed by atoms with Crippen LogP contribution in [-0.4, -0.2) is 38.2 Å². The number of aliphatic imine (C=N–C) groups is 1. The van der Waals surface area contributed by atoms with Crippen LogP contribution in [0.1, 0.15) is 11.1 Å². The second-order valence-corrected chi connectivity index (χ2v) is 5.68. The molecule has 6 heteroatoms. The fraction of sp³-hybridized carbons (Fsp3) is 0.438. The van der Waals surface area contributed by atoms with E-state index in [-0.39, 0.29) is 24.0 Å². The average molecular weight is 435 g/mol. The summed E-state index contributed by atoms with van der Waals surface area (Å²) >= 11 is 1.84. The lowest BCUT2D eigenvalue weighted by atomic mass is 10.1. The second kappa shape index (κ2) is 12.6. The van der Waals surface area contributed by atoms with Gasteiger partial charge >= 0.3 is 0 Å². The van der Waals surface area contributed by atoms with Crippen molar-refractivity contribution in [3.05, 3.63) is 42.0 Å². The summed E-state index contributed by atoms with van der Waals surface area (Å²) in [5, 5.41) is 6.59. The van der Waals surface area contributed by atoms with Crippen molar-refractivity contribution in [2.24, 2.45) is 4.99 Å². The third-order valence-corrected chi connectivity index (χ3v) is 3.85.